The number of pyridine rings is 1. The Morgan fingerprint density at radius 2 is 2.42 bits per heavy atom. The first-order valence-electron chi connectivity index (χ1n) is 6.19. The van der Waals surface area contributed by atoms with E-state index in [2.05, 4.69) is 10.3 Å². The van der Waals surface area contributed by atoms with Crippen molar-refractivity contribution < 1.29 is 14.3 Å². The maximum absolute atomic E-state index is 12.0. The molecule has 1 aromatic heterocycles. The van der Waals surface area contributed by atoms with Gasteiger partial charge in [-0.3, -0.25) is 9.59 Å². The molecule has 6 heteroatoms. The molecule has 1 fully saturated rings. The van der Waals surface area contributed by atoms with E-state index in [-0.39, 0.29) is 24.2 Å². The fraction of sp³-hybridized carbons (Fsp3) is 0.462. The first kappa shape index (κ1) is 13.5. The minimum atomic E-state index is -0.314. The minimum absolute atomic E-state index is 0.00165. The molecular weight excluding hydrogens is 246 g/mol. The third kappa shape index (κ3) is 3.51. The average molecular weight is 263 g/mol. The zero-order valence-corrected chi connectivity index (χ0v) is 10.8. The van der Waals surface area contributed by atoms with Gasteiger partial charge < -0.3 is 15.0 Å². The molecule has 102 valence electrons. The van der Waals surface area contributed by atoms with E-state index in [1.165, 1.54) is 0 Å². The molecule has 2 amide bonds. The molecule has 1 saturated heterocycles. The maximum Gasteiger partial charge on any atom is 0.230 e. The van der Waals surface area contributed by atoms with Gasteiger partial charge in [0.05, 0.1) is 12.5 Å². The minimum Gasteiger partial charge on any atom is -0.383 e. The van der Waals surface area contributed by atoms with Crippen molar-refractivity contribution in [1.29, 1.82) is 0 Å². The molecule has 0 saturated carbocycles. The highest BCUT2D eigenvalue weighted by Gasteiger charge is 2.34. The van der Waals surface area contributed by atoms with Gasteiger partial charge in [0.25, 0.3) is 0 Å². The second-order valence-corrected chi connectivity index (χ2v) is 4.44. The highest BCUT2D eigenvalue weighted by atomic mass is 16.5. The van der Waals surface area contributed by atoms with Crippen LogP contribution in [-0.2, 0) is 14.3 Å². The molecule has 2 heterocycles. The normalized spacial score (nSPS) is 18.7. The largest absolute Gasteiger partial charge is 0.383 e. The van der Waals surface area contributed by atoms with E-state index in [0.717, 1.165) is 0 Å². The van der Waals surface area contributed by atoms with E-state index in [1.807, 2.05) is 0 Å². The Balaban J connectivity index is 1.89. The molecule has 1 aliphatic rings. The van der Waals surface area contributed by atoms with Gasteiger partial charge in [-0.25, -0.2) is 4.98 Å². The third-order valence-electron chi connectivity index (χ3n) is 3.07. The number of nitrogens with zero attached hydrogens (tertiary/aromatic N) is 2. The van der Waals surface area contributed by atoms with E-state index in [9.17, 15) is 9.59 Å². The lowest BCUT2D eigenvalue weighted by Crippen LogP contribution is -2.30. The van der Waals surface area contributed by atoms with Crippen LogP contribution in [0.1, 0.15) is 6.42 Å². The molecule has 1 atom stereocenters. The van der Waals surface area contributed by atoms with Crippen LogP contribution in [0.3, 0.4) is 0 Å². The number of aromatic nitrogens is 1. The number of carbonyl (C=O) groups excluding carboxylic acids is 2. The van der Waals surface area contributed by atoms with Crippen molar-refractivity contribution in [3.63, 3.8) is 0 Å². The summed E-state index contributed by atoms with van der Waals surface area (Å²) in [7, 11) is 1.59. The number of ether oxygens (including phenoxy) is 1. The number of likely N-dealkylation sites (tertiary alicyclic amines) is 1. The lowest BCUT2D eigenvalue weighted by molar-refractivity contribution is -0.128. The molecule has 1 aliphatic heterocycles. The Kier molecular flexibility index (Phi) is 4.46. The van der Waals surface area contributed by atoms with Gasteiger partial charge in [-0.1, -0.05) is 6.07 Å². The van der Waals surface area contributed by atoms with Gasteiger partial charge in [0.15, 0.2) is 0 Å². The SMILES string of the molecule is COCCN1CC(C(=O)Nc2ccccn2)CC1=O. The van der Waals surface area contributed by atoms with Crippen molar-refractivity contribution >= 4 is 17.6 Å². The summed E-state index contributed by atoms with van der Waals surface area (Å²) in [4.78, 5) is 29.4. The Bertz CT molecular complexity index is 450. The molecule has 6 nitrogen and oxygen atoms in total. The van der Waals surface area contributed by atoms with Gasteiger partial charge in [0.1, 0.15) is 5.82 Å². The van der Waals surface area contributed by atoms with Crippen LogP contribution in [0, 0.1) is 5.92 Å². The Hall–Kier alpha value is -1.95. The number of rotatable bonds is 5. The number of hydrogen-bond acceptors (Lipinski definition) is 4. The zero-order valence-electron chi connectivity index (χ0n) is 10.8. The van der Waals surface area contributed by atoms with Crippen LogP contribution in [0.25, 0.3) is 0 Å². The van der Waals surface area contributed by atoms with Crippen molar-refractivity contribution in [1.82, 2.24) is 9.88 Å². The van der Waals surface area contributed by atoms with Gasteiger partial charge in [0.2, 0.25) is 11.8 Å². The van der Waals surface area contributed by atoms with E-state index in [4.69, 9.17) is 4.74 Å². The monoisotopic (exact) mass is 263 g/mol. The van der Waals surface area contributed by atoms with Gasteiger partial charge in [-0.2, -0.15) is 0 Å². The summed E-state index contributed by atoms with van der Waals surface area (Å²) < 4.78 is 4.94. The van der Waals surface area contributed by atoms with Crippen LogP contribution < -0.4 is 5.32 Å². The predicted molar refractivity (Wildman–Crippen MR) is 69.4 cm³/mol. The Morgan fingerprint density at radius 1 is 1.58 bits per heavy atom. The quantitative estimate of drug-likeness (QED) is 0.840. The number of carbonyl (C=O) groups is 2. The van der Waals surface area contributed by atoms with Crippen molar-refractivity contribution in [2.75, 3.05) is 32.1 Å². The summed E-state index contributed by atoms with van der Waals surface area (Å²) in [6, 6.07) is 5.30. The maximum atomic E-state index is 12.0. The van der Waals surface area contributed by atoms with Crippen LogP contribution in [0.5, 0.6) is 0 Å². The molecule has 2 rings (SSSR count). The lowest BCUT2D eigenvalue weighted by atomic mass is 10.1. The van der Waals surface area contributed by atoms with E-state index in [0.29, 0.717) is 25.5 Å². The van der Waals surface area contributed by atoms with Crippen molar-refractivity contribution in [2.24, 2.45) is 5.92 Å². The summed E-state index contributed by atoms with van der Waals surface area (Å²) in [5, 5.41) is 2.72. The fourth-order valence-corrected chi connectivity index (χ4v) is 2.03. The zero-order chi connectivity index (χ0) is 13.7. The average Bonchev–Trinajstić information content (AvgIpc) is 2.79. The number of methoxy groups -OCH3 is 1. The first-order chi connectivity index (χ1) is 9.20. The van der Waals surface area contributed by atoms with Gasteiger partial charge in [-0.15, -0.1) is 0 Å². The first-order valence-corrected chi connectivity index (χ1v) is 6.19. The summed E-state index contributed by atoms with van der Waals surface area (Å²) in [5.41, 5.74) is 0. The summed E-state index contributed by atoms with van der Waals surface area (Å²) >= 11 is 0. The molecular formula is C13H17N3O3. The Morgan fingerprint density at radius 3 is 3.11 bits per heavy atom. The lowest BCUT2D eigenvalue weighted by Gasteiger charge is -2.15. The summed E-state index contributed by atoms with van der Waals surface area (Å²) in [6.45, 7) is 1.46. The van der Waals surface area contributed by atoms with Gasteiger partial charge in [0, 0.05) is 32.8 Å². The summed E-state index contributed by atoms with van der Waals surface area (Å²) in [5.74, 6) is 0.0341. The molecule has 0 bridgehead atoms. The van der Waals surface area contributed by atoms with Crippen molar-refractivity contribution in [2.45, 2.75) is 6.42 Å². The number of hydrogen-bond donors (Lipinski definition) is 1. The van der Waals surface area contributed by atoms with Gasteiger partial charge >= 0.3 is 0 Å². The fourth-order valence-electron chi connectivity index (χ4n) is 2.03. The van der Waals surface area contributed by atoms with E-state index >= 15 is 0 Å². The molecule has 19 heavy (non-hydrogen) atoms. The second-order valence-electron chi connectivity index (χ2n) is 4.44. The molecule has 0 aromatic carbocycles. The van der Waals surface area contributed by atoms with Crippen LogP contribution in [0.15, 0.2) is 24.4 Å². The van der Waals surface area contributed by atoms with Crippen LogP contribution in [-0.4, -0.2) is 48.5 Å². The van der Waals surface area contributed by atoms with Crippen LogP contribution in [0.2, 0.25) is 0 Å². The highest BCUT2D eigenvalue weighted by molar-refractivity contribution is 5.96. The standard InChI is InChI=1S/C13H17N3O3/c1-19-7-6-16-9-10(8-12(16)17)13(18)15-11-4-2-3-5-14-11/h2-5,10H,6-9H2,1H3,(H,14,15,18). The van der Waals surface area contributed by atoms with Gasteiger partial charge in [-0.05, 0) is 12.1 Å². The second kappa shape index (κ2) is 6.29. The number of nitrogens with one attached hydrogen (secondary N) is 1. The van der Waals surface area contributed by atoms with Crippen molar-refractivity contribution in [3.8, 4) is 0 Å². The molecule has 1 N–H and O–H groups in total. The molecule has 1 unspecified atom stereocenters. The van der Waals surface area contributed by atoms with E-state index < -0.39 is 0 Å². The number of amides is 2. The van der Waals surface area contributed by atoms with Crippen molar-refractivity contribution in [3.05, 3.63) is 24.4 Å². The van der Waals surface area contributed by atoms with Crippen LogP contribution >= 0.6 is 0 Å². The molecule has 0 aliphatic carbocycles. The molecule has 1 aromatic rings. The smallest absolute Gasteiger partial charge is 0.230 e. The van der Waals surface area contributed by atoms with E-state index in [1.54, 1.807) is 36.4 Å². The summed E-state index contributed by atoms with van der Waals surface area (Å²) in [6.07, 6.45) is 1.86. The topological polar surface area (TPSA) is 71.5 Å². The predicted octanol–water partition coefficient (Wildman–Crippen LogP) is 0.515. The molecule has 0 radical (unpaired) electrons. The Labute approximate surface area is 111 Å². The van der Waals surface area contributed by atoms with Crippen LogP contribution in [0.4, 0.5) is 5.82 Å². The number of anilines is 1. The third-order valence-corrected chi connectivity index (χ3v) is 3.07. The highest BCUT2D eigenvalue weighted by Crippen LogP contribution is 2.19. The molecule has 0 spiro atoms.